The predicted octanol–water partition coefficient (Wildman–Crippen LogP) is 3.52. The fourth-order valence-electron chi connectivity index (χ4n) is 0.691. The molecule has 0 heterocycles. The number of alkyl halides is 3. The highest BCUT2D eigenvalue weighted by Crippen LogP contribution is 2.21. The van der Waals surface area contributed by atoms with E-state index >= 15 is 0 Å². The van der Waals surface area contributed by atoms with Crippen LogP contribution in [0, 0.1) is 5.41 Å². The molecule has 0 aliphatic heterocycles. The van der Waals surface area contributed by atoms with Crippen LogP contribution in [0.25, 0.3) is 0 Å². The second kappa shape index (κ2) is 6.76. The Morgan fingerprint density at radius 2 is 1.56 bits per heavy atom. The first kappa shape index (κ1) is 17.6. The van der Waals surface area contributed by atoms with Crippen LogP contribution >= 0.6 is 0 Å². The standard InChI is InChI=1S/C9H16F3NO.C2H6/c1-6(8(2,3)4)13-7(14)5-9(10,11)12;1-2/h6H,5H2,1-4H3,(H,13,14);1-2H3. The third-order valence-electron chi connectivity index (χ3n) is 2.04. The Labute approximate surface area is 95.6 Å². The summed E-state index contributed by atoms with van der Waals surface area (Å²) in [5.74, 6) is -0.972. The van der Waals surface area contributed by atoms with Gasteiger partial charge in [-0.05, 0) is 12.3 Å². The Morgan fingerprint density at radius 1 is 1.19 bits per heavy atom. The van der Waals surface area contributed by atoms with Crippen LogP contribution in [-0.4, -0.2) is 18.1 Å². The number of carbonyl (C=O) groups is 1. The van der Waals surface area contributed by atoms with Crippen LogP contribution in [0.3, 0.4) is 0 Å². The van der Waals surface area contributed by atoms with Crippen molar-refractivity contribution in [3.8, 4) is 0 Å². The fraction of sp³-hybridized carbons (Fsp3) is 0.909. The molecular weight excluding hydrogens is 219 g/mol. The van der Waals surface area contributed by atoms with Gasteiger partial charge in [-0.3, -0.25) is 4.79 Å². The predicted molar refractivity (Wildman–Crippen MR) is 59.1 cm³/mol. The Bertz CT molecular complexity index is 206. The van der Waals surface area contributed by atoms with Crippen molar-refractivity contribution in [2.24, 2.45) is 5.41 Å². The molecule has 98 valence electrons. The summed E-state index contributed by atoms with van der Waals surface area (Å²) >= 11 is 0. The number of nitrogens with one attached hydrogen (secondary N) is 1. The molecule has 0 spiro atoms. The Hall–Kier alpha value is -0.740. The van der Waals surface area contributed by atoms with E-state index in [1.54, 1.807) is 6.92 Å². The zero-order chi connectivity index (χ0) is 13.6. The van der Waals surface area contributed by atoms with Gasteiger partial charge in [-0.15, -0.1) is 0 Å². The van der Waals surface area contributed by atoms with E-state index in [0.29, 0.717) is 0 Å². The van der Waals surface area contributed by atoms with Gasteiger partial charge in [0.25, 0.3) is 0 Å². The zero-order valence-electron chi connectivity index (χ0n) is 10.8. The highest BCUT2D eigenvalue weighted by atomic mass is 19.4. The van der Waals surface area contributed by atoms with E-state index in [9.17, 15) is 18.0 Å². The molecule has 0 fully saturated rings. The van der Waals surface area contributed by atoms with Gasteiger partial charge in [0.2, 0.25) is 5.91 Å². The van der Waals surface area contributed by atoms with E-state index in [-0.39, 0.29) is 11.5 Å². The lowest BCUT2D eigenvalue weighted by Crippen LogP contribution is -2.42. The molecule has 0 bridgehead atoms. The van der Waals surface area contributed by atoms with Crippen molar-refractivity contribution >= 4 is 5.91 Å². The summed E-state index contributed by atoms with van der Waals surface area (Å²) in [5.41, 5.74) is -0.235. The largest absolute Gasteiger partial charge is 0.397 e. The van der Waals surface area contributed by atoms with Gasteiger partial charge in [-0.2, -0.15) is 13.2 Å². The molecule has 0 aromatic carbocycles. The summed E-state index contributed by atoms with van der Waals surface area (Å²) in [6.07, 6.45) is -5.84. The first-order valence-corrected chi connectivity index (χ1v) is 5.38. The van der Waals surface area contributed by atoms with Crippen LogP contribution in [0.5, 0.6) is 0 Å². The van der Waals surface area contributed by atoms with Crippen LogP contribution in [0.2, 0.25) is 0 Å². The molecule has 16 heavy (non-hydrogen) atoms. The lowest BCUT2D eigenvalue weighted by Gasteiger charge is -2.28. The minimum absolute atomic E-state index is 0.235. The van der Waals surface area contributed by atoms with E-state index in [4.69, 9.17) is 0 Å². The molecule has 1 atom stereocenters. The van der Waals surface area contributed by atoms with Crippen LogP contribution in [-0.2, 0) is 4.79 Å². The van der Waals surface area contributed by atoms with Gasteiger partial charge in [0, 0.05) is 6.04 Å². The molecule has 0 aromatic heterocycles. The Balaban J connectivity index is 0. The SMILES string of the molecule is CC.CC(NC(=O)CC(F)(F)F)C(C)(C)C. The van der Waals surface area contributed by atoms with Crippen molar-refractivity contribution in [2.45, 2.75) is 60.2 Å². The summed E-state index contributed by atoms with van der Waals surface area (Å²) < 4.78 is 35.4. The summed E-state index contributed by atoms with van der Waals surface area (Å²) in [5, 5.41) is 2.32. The van der Waals surface area contributed by atoms with Crippen molar-refractivity contribution < 1.29 is 18.0 Å². The third kappa shape index (κ3) is 9.80. The van der Waals surface area contributed by atoms with Crippen LogP contribution in [0.4, 0.5) is 13.2 Å². The normalized spacial score (nSPS) is 13.6. The molecule has 0 rings (SSSR count). The van der Waals surface area contributed by atoms with E-state index < -0.39 is 18.5 Å². The minimum Gasteiger partial charge on any atom is -0.353 e. The van der Waals surface area contributed by atoms with E-state index in [0.717, 1.165) is 0 Å². The molecule has 5 heteroatoms. The molecule has 0 saturated carbocycles. The van der Waals surface area contributed by atoms with Crippen molar-refractivity contribution in [1.82, 2.24) is 5.32 Å². The smallest absolute Gasteiger partial charge is 0.353 e. The minimum atomic E-state index is -4.43. The monoisotopic (exact) mass is 241 g/mol. The molecule has 0 saturated heterocycles. The van der Waals surface area contributed by atoms with E-state index in [2.05, 4.69) is 5.32 Å². The maximum Gasteiger partial charge on any atom is 0.397 e. The van der Waals surface area contributed by atoms with Gasteiger partial charge in [0.05, 0.1) is 0 Å². The maximum atomic E-state index is 11.8. The summed E-state index contributed by atoms with van der Waals surface area (Å²) in [4.78, 5) is 10.9. The first-order valence-electron chi connectivity index (χ1n) is 5.38. The molecule has 2 nitrogen and oxygen atoms in total. The lowest BCUT2D eigenvalue weighted by molar-refractivity contribution is -0.154. The van der Waals surface area contributed by atoms with E-state index in [1.165, 1.54) is 0 Å². The number of hydrogen-bond acceptors (Lipinski definition) is 1. The number of rotatable bonds is 2. The number of hydrogen-bond donors (Lipinski definition) is 1. The Morgan fingerprint density at radius 3 is 1.81 bits per heavy atom. The van der Waals surface area contributed by atoms with Gasteiger partial charge >= 0.3 is 6.18 Å². The quantitative estimate of drug-likeness (QED) is 0.787. The summed E-state index contributed by atoms with van der Waals surface area (Å²) in [6, 6.07) is -0.280. The molecule has 0 aliphatic carbocycles. The lowest BCUT2D eigenvalue weighted by atomic mass is 9.88. The van der Waals surface area contributed by atoms with Crippen LogP contribution in [0.15, 0.2) is 0 Å². The van der Waals surface area contributed by atoms with Crippen molar-refractivity contribution in [3.05, 3.63) is 0 Å². The van der Waals surface area contributed by atoms with Gasteiger partial charge in [0.15, 0.2) is 0 Å². The molecule has 1 unspecified atom stereocenters. The summed E-state index contributed by atoms with van der Waals surface area (Å²) in [7, 11) is 0. The van der Waals surface area contributed by atoms with Crippen LogP contribution in [0.1, 0.15) is 48.0 Å². The number of halogens is 3. The summed E-state index contributed by atoms with van der Waals surface area (Å²) in [6.45, 7) is 11.2. The molecule has 0 radical (unpaired) electrons. The van der Waals surface area contributed by atoms with E-state index in [1.807, 2.05) is 34.6 Å². The molecule has 0 aromatic rings. The topological polar surface area (TPSA) is 29.1 Å². The van der Waals surface area contributed by atoms with Crippen molar-refractivity contribution in [1.29, 1.82) is 0 Å². The first-order chi connectivity index (χ1) is 7.02. The molecule has 0 aliphatic rings. The third-order valence-corrected chi connectivity index (χ3v) is 2.04. The molecule has 1 N–H and O–H groups in total. The van der Waals surface area contributed by atoms with Crippen LogP contribution < -0.4 is 5.32 Å². The number of amides is 1. The maximum absolute atomic E-state index is 11.8. The van der Waals surface area contributed by atoms with Gasteiger partial charge < -0.3 is 5.32 Å². The second-order valence-electron chi connectivity index (χ2n) is 4.45. The average molecular weight is 241 g/mol. The highest BCUT2D eigenvalue weighted by molar-refractivity contribution is 5.76. The molecular formula is C11H22F3NO. The fourth-order valence-corrected chi connectivity index (χ4v) is 0.691. The average Bonchev–Trinajstić information content (AvgIpc) is 2.02. The van der Waals surface area contributed by atoms with Gasteiger partial charge in [0.1, 0.15) is 6.42 Å². The Kier molecular flexibility index (Phi) is 7.46. The zero-order valence-corrected chi connectivity index (χ0v) is 10.8. The van der Waals surface area contributed by atoms with Crippen molar-refractivity contribution in [2.75, 3.05) is 0 Å². The second-order valence-corrected chi connectivity index (χ2v) is 4.45. The van der Waals surface area contributed by atoms with Crippen molar-refractivity contribution in [3.63, 3.8) is 0 Å². The van der Waals surface area contributed by atoms with Gasteiger partial charge in [-0.25, -0.2) is 0 Å². The highest BCUT2D eigenvalue weighted by Gasteiger charge is 2.32. The number of carbonyl (C=O) groups excluding carboxylic acids is 1. The molecule has 1 amide bonds. The van der Waals surface area contributed by atoms with Gasteiger partial charge in [-0.1, -0.05) is 34.6 Å².